The highest BCUT2D eigenvalue weighted by Crippen LogP contribution is 2.26. The van der Waals surface area contributed by atoms with Crippen LogP contribution in [-0.4, -0.2) is 47.9 Å². The normalized spacial score (nSPS) is 23.0. The lowest BCUT2D eigenvalue weighted by atomic mass is 9.98. The average Bonchev–Trinajstić information content (AvgIpc) is 2.49. The summed E-state index contributed by atoms with van der Waals surface area (Å²) in [5.41, 5.74) is 8.27. The number of hydrogen-bond acceptors (Lipinski definition) is 3. The smallest absolute Gasteiger partial charge is 0.254 e. The number of nitrogens with two attached hydrogens (primary N) is 1. The van der Waals surface area contributed by atoms with Crippen molar-refractivity contribution >= 4 is 27.5 Å². The molecule has 0 spiro atoms. The zero-order valence-corrected chi connectivity index (χ0v) is 14.0. The van der Waals surface area contributed by atoms with Crippen molar-refractivity contribution in [2.24, 2.45) is 0 Å². The Morgan fingerprint density at radius 3 is 2.90 bits per heavy atom. The lowest BCUT2D eigenvalue weighted by Crippen LogP contribution is -2.56. The van der Waals surface area contributed by atoms with Crippen LogP contribution in [0.15, 0.2) is 16.6 Å². The van der Waals surface area contributed by atoms with Crippen molar-refractivity contribution in [2.75, 3.05) is 31.9 Å². The zero-order chi connectivity index (χ0) is 15.0. The Kier molecular flexibility index (Phi) is 4.22. The van der Waals surface area contributed by atoms with Crippen molar-refractivity contribution in [3.05, 3.63) is 27.7 Å². The molecule has 1 aromatic carbocycles. The van der Waals surface area contributed by atoms with Crippen molar-refractivity contribution in [3.8, 4) is 0 Å². The molecule has 0 radical (unpaired) electrons. The Hall–Kier alpha value is -1.07. The number of halogens is 1. The Labute approximate surface area is 134 Å². The number of hydrogen-bond donors (Lipinski definition) is 1. The average molecular weight is 352 g/mol. The second-order valence-electron chi connectivity index (χ2n) is 6.10. The minimum Gasteiger partial charge on any atom is -0.398 e. The van der Waals surface area contributed by atoms with Crippen LogP contribution in [0.1, 0.15) is 35.2 Å². The fourth-order valence-electron chi connectivity index (χ4n) is 3.43. The molecular weight excluding hydrogens is 330 g/mol. The van der Waals surface area contributed by atoms with Gasteiger partial charge in [0.25, 0.3) is 5.91 Å². The molecule has 2 fully saturated rings. The van der Waals surface area contributed by atoms with E-state index >= 15 is 0 Å². The highest BCUT2D eigenvalue weighted by atomic mass is 79.9. The maximum atomic E-state index is 12.8. The van der Waals surface area contributed by atoms with Crippen LogP contribution in [0.2, 0.25) is 0 Å². The first-order chi connectivity index (χ1) is 10.1. The molecule has 0 aromatic heterocycles. The van der Waals surface area contributed by atoms with Crippen molar-refractivity contribution in [3.63, 3.8) is 0 Å². The van der Waals surface area contributed by atoms with Crippen molar-refractivity contribution < 1.29 is 4.79 Å². The summed E-state index contributed by atoms with van der Waals surface area (Å²) < 4.78 is 0.866. The summed E-state index contributed by atoms with van der Waals surface area (Å²) in [7, 11) is 0. The number of rotatable bonds is 1. The number of anilines is 1. The van der Waals surface area contributed by atoms with E-state index in [1.165, 1.54) is 25.8 Å². The van der Waals surface area contributed by atoms with Crippen LogP contribution < -0.4 is 5.73 Å². The molecule has 0 saturated carbocycles. The second-order valence-corrected chi connectivity index (χ2v) is 7.02. The van der Waals surface area contributed by atoms with Gasteiger partial charge in [-0.2, -0.15) is 0 Å². The third-order valence-electron chi connectivity index (χ3n) is 4.77. The van der Waals surface area contributed by atoms with Gasteiger partial charge in [0.05, 0.1) is 0 Å². The van der Waals surface area contributed by atoms with E-state index in [0.29, 0.717) is 11.7 Å². The fraction of sp³-hybridized carbons (Fsp3) is 0.562. The molecule has 2 aliphatic rings. The van der Waals surface area contributed by atoms with Gasteiger partial charge < -0.3 is 10.6 Å². The predicted octanol–water partition coefficient (Wildman–Crippen LogP) is 2.65. The third kappa shape index (κ3) is 2.94. The van der Waals surface area contributed by atoms with Gasteiger partial charge >= 0.3 is 0 Å². The Balaban J connectivity index is 1.79. The highest BCUT2D eigenvalue weighted by Gasteiger charge is 2.31. The largest absolute Gasteiger partial charge is 0.398 e. The third-order valence-corrected chi connectivity index (χ3v) is 5.23. The maximum Gasteiger partial charge on any atom is 0.254 e. The molecule has 0 bridgehead atoms. The number of piperazine rings is 1. The van der Waals surface area contributed by atoms with Gasteiger partial charge in [0.2, 0.25) is 0 Å². The summed E-state index contributed by atoms with van der Waals surface area (Å²) in [5.74, 6) is 0.116. The second kappa shape index (κ2) is 5.97. The first-order valence-corrected chi connectivity index (χ1v) is 8.44. The molecule has 1 unspecified atom stereocenters. The van der Waals surface area contributed by atoms with Crippen LogP contribution in [0.3, 0.4) is 0 Å². The Bertz CT molecular complexity index is 561. The summed E-state index contributed by atoms with van der Waals surface area (Å²) in [5, 5.41) is 0. The number of nitrogen functional groups attached to an aromatic ring is 1. The van der Waals surface area contributed by atoms with E-state index in [0.717, 1.165) is 35.2 Å². The molecule has 5 heteroatoms. The van der Waals surface area contributed by atoms with E-state index in [4.69, 9.17) is 5.73 Å². The first-order valence-electron chi connectivity index (χ1n) is 7.65. The van der Waals surface area contributed by atoms with Crippen LogP contribution in [0.25, 0.3) is 0 Å². The molecule has 4 nitrogen and oxygen atoms in total. The van der Waals surface area contributed by atoms with Gasteiger partial charge in [-0.3, -0.25) is 9.69 Å². The summed E-state index contributed by atoms with van der Waals surface area (Å²) in [6, 6.07) is 4.29. The molecule has 0 aliphatic carbocycles. The van der Waals surface area contributed by atoms with Crippen LogP contribution in [0.5, 0.6) is 0 Å². The molecule has 2 heterocycles. The lowest BCUT2D eigenvalue weighted by molar-refractivity contribution is 0.0372. The summed E-state index contributed by atoms with van der Waals surface area (Å²) >= 11 is 3.44. The molecule has 114 valence electrons. The number of fused-ring (bicyclic) bond motifs is 1. The number of carbonyl (C=O) groups is 1. The summed E-state index contributed by atoms with van der Waals surface area (Å²) in [6.45, 7) is 5.78. The quantitative estimate of drug-likeness (QED) is 0.791. The number of amides is 1. The molecule has 1 amide bonds. The van der Waals surface area contributed by atoms with Gasteiger partial charge in [-0.1, -0.05) is 22.4 Å². The minimum atomic E-state index is 0.116. The fourth-order valence-corrected chi connectivity index (χ4v) is 3.91. The molecule has 1 atom stereocenters. The van der Waals surface area contributed by atoms with Gasteiger partial charge in [-0.15, -0.1) is 0 Å². The lowest BCUT2D eigenvalue weighted by Gasteiger charge is -2.44. The topological polar surface area (TPSA) is 49.6 Å². The molecule has 2 aliphatic heterocycles. The van der Waals surface area contributed by atoms with Gasteiger partial charge in [0, 0.05) is 41.4 Å². The SMILES string of the molecule is Cc1c(N)cc(Br)cc1C(=O)N1CCN2CCCCC2C1. The number of piperidine rings is 1. The van der Waals surface area contributed by atoms with Gasteiger partial charge in [0.15, 0.2) is 0 Å². The van der Waals surface area contributed by atoms with E-state index < -0.39 is 0 Å². The molecular formula is C16H22BrN3O. The van der Waals surface area contributed by atoms with Crippen LogP contribution >= 0.6 is 15.9 Å². The predicted molar refractivity (Wildman–Crippen MR) is 88.4 cm³/mol. The van der Waals surface area contributed by atoms with Crippen molar-refractivity contribution in [1.82, 2.24) is 9.80 Å². The minimum absolute atomic E-state index is 0.116. The van der Waals surface area contributed by atoms with Gasteiger partial charge in [-0.05, 0) is 44.0 Å². The maximum absolute atomic E-state index is 12.8. The number of nitrogens with zero attached hydrogens (tertiary/aromatic N) is 2. The monoisotopic (exact) mass is 351 g/mol. The first kappa shape index (κ1) is 14.9. The molecule has 1 aromatic rings. The standard InChI is InChI=1S/C16H22BrN3O/c1-11-14(8-12(17)9-15(11)18)16(21)20-7-6-19-5-3-2-4-13(19)10-20/h8-9,13H,2-7,10,18H2,1H3. The molecule has 21 heavy (non-hydrogen) atoms. The summed E-state index contributed by atoms with van der Waals surface area (Å²) in [4.78, 5) is 17.4. The number of carbonyl (C=O) groups excluding carboxylic acids is 1. The van der Waals surface area contributed by atoms with E-state index in [9.17, 15) is 4.79 Å². The van der Waals surface area contributed by atoms with Crippen molar-refractivity contribution in [2.45, 2.75) is 32.2 Å². The molecule has 2 N–H and O–H groups in total. The molecule has 3 rings (SSSR count). The van der Waals surface area contributed by atoms with Crippen molar-refractivity contribution in [1.29, 1.82) is 0 Å². The van der Waals surface area contributed by atoms with Crippen LogP contribution in [-0.2, 0) is 0 Å². The number of benzene rings is 1. The summed E-state index contributed by atoms with van der Waals surface area (Å²) in [6.07, 6.45) is 3.79. The van der Waals surface area contributed by atoms with Crippen LogP contribution in [0.4, 0.5) is 5.69 Å². The van der Waals surface area contributed by atoms with E-state index in [2.05, 4.69) is 20.8 Å². The Morgan fingerprint density at radius 1 is 1.29 bits per heavy atom. The van der Waals surface area contributed by atoms with Gasteiger partial charge in [0.1, 0.15) is 0 Å². The van der Waals surface area contributed by atoms with Crippen LogP contribution in [0, 0.1) is 6.92 Å². The van der Waals surface area contributed by atoms with Gasteiger partial charge in [-0.25, -0.2) is 0 Å². The Morgan fingerprint density at radius 2 is 2.10 bits per heavy atom. The zero-order valence-electron chi connectivity index (χ0n) is 12.4. The molecule has 2 saturated heterocycles. The van der Waals surface area contributed by atoms with E-state index in [1.807, 2.05) is 24.0 Å². The van der Waals surface area contributed by atoms with E-state index in [-0.39, 0.29) is 5.91 Å². The highest BCUT2D eigenvalue weighted by molar-refractivity contribution is 9.10. The van der Waals surface area contributed by atoms with E-state index in [1.54, 1.807) is 0 Å².